The summed E-state index contributed by atoms with van der Waals surface area (Å²) in [5, 5.41) is 19.4. The van der Waals surface area contributed by atoms with Crippen LogP contribution in [0.5, 0.6) is 0 Å². The number of aliphatic hydroxyl groups excluding tert-OH is 2. The van der Waals surface area contributed by atoms with E-state index in [0.717, 1.165) is 17.7 Å². The van der Waals surface area contributed by atoms with Crippen LogP contribution in [0.2, 0.25) is 0 Å². The molecular weight excluding hydrogens is 617 g/mol. The molecule has 9 heteroatoms. The van der Waals surface area contributed by atoms with Gasteiger partial charge in [-0.2, -0.15) is 0 Å². The van der Waals surface area contributed by atoms with Gasteiger partial charge in [-0.3, -0.25) is 4.79 Å². The predicted molar refractivity (Wildman–Crippen MR) is 185 cm³/mol. The van der Waals surface area contributed by atoms with Crippen LogP contribution < -0.4 is 0 Å². The van der Waals surface area contributed by atoms with Crippen molar-refractivity contribution in [1.82, 2.24) is 0 Å². The van der Waals surface area contributed by atoms with Gasteiger partial charge in [-0.05, 0) is 60.0 Å². The molecule has 0 amide bonds. The van der Waals surface area contributed by atoms with Crippen LogP contribution in [0.15, 0.2) is 59.3 Å². The van der Waals surface area contributed by atoms with E-state index in [9.17, 15) is 4.79 Å². The maximum atomic E-state index is 12.0. The Bertz CT molecular complexity index is 1250. The molecule has 0 radical (unpaired) electrons. The molecule has 1 aliphatic rings. The summed E-state index contributed by atoms with van der Waals surface area (Å²) in [6.45, 7) is 5.60. The van der Waals surface area contributed by atoms with E-state index in [1.165, 1.54) is 69.3 Å². The van der Waals surface area contributed by atoms with Gasteiger partial charge in [0.15, 0.2) is 5.78 Å². The standard InChI is InChI=1S/C17H22O2S2.C15H18OS2.C2H6O2/c1-2-3-4-5-10-17(18-11-12-19-17)16-9-8-15(21-16)14-7-6-13-20-14;1-2-3-4-5-7-12(16)13-9-10-15(18-13)14-8-6-11-17-14;3-1-2-4/h6-9,13H,2-5,10-12H2,1H3;6,8-11H,2-5,7H2,1H3;3-4H,1-2H2. The Morgan fingerprint density at radius 3 is 1.86 bits per heavy atom. The van der Waals surface area contributed by atoms with Gasteiger partial charge in [-0.25, -0.2) is 0 Å². The third-order valence-electron chi connectivity index (χ3n) is 6.86. The normalized spacial score (nSPS) is 13.7. The minimum Gasteiger partial charge on any atom is -0.394 e. The second-order valence-corrected chi connectivity index (χ2v) is 14.3. The van der Waals surface area contributed by atoms with Crippen LogP contribution in [0.25, 0.3) is 19.5 Å². The molecule has 0 saturated carbocycles. The van der Waals surface area contributed by atoms with Crippen LogP contribution in [-0.2, 0) is 15.3 Å². The van der Waals surface area contributed by atoms with Gasteiger partial charge in [0, 0.05) is 32.4 Å². The van der Waals surface area contributed by atoms with Crippen molar-refractivity contribution in [3.8, 4) is 19.5 Å². The Balaban J connectivity index is 0.000000212. The Hall–Kier alpha value is -1.69. The quantitative estimate of drug-likeness (QED) is 0.0979. The fraction of sp³-hybridized carbons (Fsp3) is 0.500. The van der Waals surface area contributed by atoms with Crippen LogP contribution in [0, 0.1) is 0 Å². The van der Waals surface area contributed by atoms with E-state index in [-0.39, 0.29) is 13.2 Å². The summed E-state index contributed by atoms with van der Waals surface area (Å²) in [7, 11) is 0. The molecular formula is C34H46O5S4. The molecule has 1 fully saturated rings. The molecule has 0 aliphatic carbocycles. The number of carbonyl (C=O) groups excluding carboxylic acids is 1. The predicted octanol–water partition coefficient (Wildman–Crippen LogP) is 10.2. The molecule has 0 atom stereocenters. The van der Waals surface area contributed by atoms with Crippen molar-refractivity contribution < 1.29 is 24.5 Å². The molecule has 5 rings (SSSR count). The molecule has 4 aromatic rings. The van der Waals surface area contributed by atoms with E-state index in [0.29, 0.717) is 25.4 Å². The van der Waals surface area contributed by atoms with E-state index < -0.39 is 5.79 Å². The van der Waals surface area contributed by atoms with Gasteiger partial charge in [0.05, 0.1) is 36.2 Å². The summed E-state index contributed by atoms with van der Waals surface area (Å²) in [5.41, 5.74) is 0. The summed E-state index contributed by atoms with van der Waals surface area (Å²) < 4.78 is 12.1. The third-order valence-corrected chi connectivity index (χ3v) is 11.3. The zero-order valence-electron chi connectivity index (χ0n) is 25.4. The van der Waals surface area contributed by atoms with Gasteiger partial charge >= 0.3 is 0 Å². The van der Waals surface area contributed by atoms with Crippen molar-refractivity contribution in [2.45, 2.75) is 83.8 Å². The van der Waals surface area contributed by atoms with Crippen molar-refractivity contribution >= 4 is 51.1 Å². The van der Waals surface area contributed by atoms with Gasteiger partial charge < -0.3 is 19.7 Å². The van der Waals surface area contributed by atoms with Gasteiger partial charge in [-0.1, -0.05) is 64.5 Å². The molecule has 5 heterocycles. The summed E-state index contributed by atoms with van der Waals surface area (Å²) in [6.07, 6.45) is 11.3. The van der Waals surface area contributed by atoms with Crippen LogP contribution in [-0.4, -0.2) is 42.4 Å². The number of rotatable bonds is 15. The van der Waals surface area contributed by atoms with Crippen LogP contribution in [0.4, 0.5) is 0 Å². The Labute approximate surface area is 273 Å². The lowest BCUT2D eigenvalue weighted by Crippen LogP contribution is -2.25. The SMILES string of the molecule is CCCCCCC(=O)c1ccc(-c2cccs2)s1.CCCCCCC1(c2ccc(-c3cccs3)s2)OCCO1.OCCO. The lowest BCUT2D eigenvalue weighted by Gasteiger charge is -2.26. The fourth-order valence-corrected chi connectivity index (χ4v) is 8.39. The Morgan fingerprint density at radius 1 is 0.721 bits per heavy atom. The second-order valence-electron chi connectivity index (χ2n) is 10.2. The fourth-order valence-electron chi connectivity index (χ4n) is 4.62. The number of carbonyl (C=O) groups is 1. The van der Waals surface area contributed by atoms with Crippen LogP contribution >= 0.6 is 45.3 Å². The molecule has 0 spiro atoms. The number of ketones is 1. The first-order chi connectivity index (χ1) is 21.1. The number of thiophene rings is 4. The number of unbranched alkanes of at least 4 members (excludes halogenated alkanes) is 6. The Kier molecular flexibility index (Phi) is 16.9. The van der Waals surface area contributed by atoms with Crippen molar-refractivity contribution in [3.05, 3.63) is 69.0 Å². The highest BCUT2D eigenvalue weighted by atomic mass is 32.1. The molecule has 0 unspecified atom stereocenters. The molecule has 43 heavy (non-hydrogen) atoms. The molecule has 236 valence electrons. The minimum atomic E-state index is -0.478. The first-order valence-electron chi connectivity index (χ1n) is 15.4. The average molecular weight is 663 g/mol. The molecule has 4 aromatic heterocycles. The monoisotopic (exact) mass is 662 g/mol. The Morgan fingerprint density at radius 2 is 1.30 bits per heavy atom. The van der Waals surface area contributed by atoms with Gasteiger partial charge in [0.25, 0.3) is 0 Å². The highest BCUT2D eigenvalue weighted by Gasteiger charge is 2.39. The van der Waals surface area contributed by atoms with Crippen molar-refractivity contribution in [3.63, 3.8) is 0 Å². The molecule has 0 bridgehead atoms. The van der Waals surface area contributed by atoms with E-state index in [2.05, 4.69) is 61.0 Å². The topological polar surface area (TPSA) is 76.0 Å². The minimum absolute atomic E-state index is 0.125. The van der Waals surface area contributed by atoms with Crippen molar-refractivity contribution in [2.24, 2.45) is 0 Å². The van der Waals surface area contributed by atoms with E-state index >= 15 is 0 Å². The first kappa shape index (κ1) is 35.8. The van der Waals surface area contributed by atoms with Crippen LogP contribution in [0.3, 0.4) is 0 Å². The number of Topliss-reactive ketones (excluding diaryl/α,β-unsaturated/α-hetero) is 1. The first-order valence-corrected chi connectivity index (χ1v) is 18.8. The van der Waals surface area contributed by atoms with E-state index in [1.807, 2.05) is 23.5 Å². The second kappa shape index (κ2) is 20.4. The molecule has 1 saturated heterocycles. The number of aliphatic hydroxyl groups is 2. The van der Waals surface area contributed by atoms with Crippen LogP contribution in [0.1, 0.15) is 92.6 Å². The lowest BCUT2D eigenvalue weighted by atomic mass is 10.0. The number of ether oxygens (including phenoxy) is 2. The van der Waals surface area contributed by atoms with Crippen molar-refractivity contribution in [2.75, 3.05) is 26.4 Å². The zero-order valence-corrected chi connectivity index (χ0v) is 28.7. The molecule has 1 aliphatic heterocycles. The summed E-state index contributed by atoms with van der Waals surface area (Å²) >= 11 is 6.94. The molecule has 0 aromatic carbocycles. The molecule has 2 N–H and O–H groups in total. The highest BCUT2D eigenvalue weighted by Crippen LogP contribution is 2.43. The summed E-state index contributed by atoms with van der Waals surface area (Å²) in [5.74, 6) is -0.174. The van der Waals surface area contributed by atoms with Gasteiger partial charge in [0.2, 0.25) is 5.79 Å². The maximum Gasteiger partial charge on any atom is 0.204 e. The van der Waals surface area contributed by atoms with Gasteiger partial charge in [0.1, 0.15) is 0 Å². The summed E-state index contributed by atoms with van der Waals surface area (Å²) in [6, 6.07) is 16.8. The number of hydrogen-bond donors (Lipinski definition) is 2. The highest BCUT2D eigenvalue weighted by molar-refractivity contribution is 7.22. The lowest BCUT2D eigenvalue weighted by molar-refractivity contribution is -0.169. The van der Waals surface area contributed by atoms with Crippen molar-refractivity contribution in [1.29, 1.82) is 0 Å². The smallest absolute Gasteiger partial charge is 0.204 e. The van der Waals surface area contributed by atoms with Gasteiger partial charge in [-0.15, -0.1) is 45.3 Å². The summed E-state index contributed by atoms with van der Waals surface area (Å²) in [4.78, 5) is 19.2. The van der Waals surface area contributed by atoms with E-state index in [4.69, 9.17) is 19.7 Å². The average Bonchev–Trinajstić information content (AvgIpc) is 3.87. The molecule has 5 nitrogen and oxygen atoms in total. The zero-order chi connectivity index (χ0) is 30.8. The number of hydrogen-bond acceptors (Lipinski definition) is 9. The maximum absolute atomic E-state index is 12.0. The third kappa shape index (κ3) is 11.6. The largest absolute Gasteiger partial charge is 0.394 e. The van der Waals surface area contributed by atoms with E-state index in [1.54, 1.807) is 34.0 Å².